The lowest BCUT2D eigenvalue weighted by Gasteiger charge is -2.32. The predicted molar refractivity (Wildman–Crippen MR) is 104 cm³/mol. The molecule has 0 fully saturated rings. The lowest BCUT2D eigenvalue weighted by Crippen LogP contribution is -2.48. The molecular formula is C21H16F2N2O3S. The van der Waals surface area contributed by atoms with Crippen molar-refractivity contribution in [1.82, 2.24) is 4.98 Å². The average Bonchev–Trinajstić information content (AvgIpc) is 3.10. The Morgan fingerprint density at radius 3 is 2.69 bits per heavy atom. The number of amides is 1. The van der Waals surface area contributed by atoms with E-state index in [9.17, 15) is 18.4 Å². The van der Waals surface area contributed by atoms with Crippen molar-refractivity contribution in [3.63, 3.8) is 0 Å². The van der Waals surface area contributed by atoms with E-state index >= 15 is 0 Å². The Hall–Kier alpha value is -3.13. The number of hydrogen-bond acceptors (Lipinski definition) is 5. The Balaban J connectivity index is 1.47. The Kier molecular flexibility index (Phi) is 4.87. The number of halogens is 2. The van der Waals surface area contributed by atoms with Gasteiger partial charge in [-0.05, 0) is 48.4 Å². The zero-order valence-corrected chi connectivity index (χ0v) is 16.2. The van der Waals surface area contributed by atoms with Crippen LogP contribution >= 0.6 is 11.3 Å². The van der Waals surface area contributed by atoms with Crippen LogP contribution in [0, 0.1) is 11.6 Å². The SMILES string of the molecule is CC1(C(=O)Nc2ncc(Cc3ccc(F)cc3)s2)Cc2cc(F)ccc2C(=O)O1. The number of thiazole rings is 1. The average molecular weight is 414 g/mol. The maximum atomic E-state index is 13.5. The molecule has 5 nitrogen and oxygen atoms in total. The highest BCUT2D eigenvalue weighted by Gasteiger charge is 2.43. The molecule has 2 aromatic carbocycles. The number of carbonyl (C=O) groups is 2. The van der Waals surface area contributed by atoms with E-state index < -0.39 is 23.3 Å². The van der Waals surface area contributed by atoms with Crippen molar-refractivity contribution in [1.29, 1.82) is 0 Å². The lowest BCUT2D eigenvalue weighted by atomic mass is 9.89. The van der Waals surface area contributed by atoms with E-state index in [1.54, 1.807) is 18.3 Å². The van der Waals surface area contributed by atoms with E-state index in [-0.39, 0.29) is 17.8 Å². The summed E-state index contributed by atoms with van der Waals surface area (Å²) >= 11 is 1.27. The van der Waals surface area contributed by atoms with Crippen LogP contribution in [0.5, 0.6) is 0 Å². The van der Waals surface area contributed by atoms with Gasteiger partial charge in [-0.1, -0.05) is 12.1 Å². The number of esters is 1. The number of fused-ring (bicyclic) bond motifs is 1. The van der Waals surface area contributed by atoms with Crippen molar-refractivity contribution >= 4 is 28.3 Å². The quantitative estimate of drug-likeness (QED) is 0.652. The number of carbonyl (C=O) groups excluding carboxylic acids is 2. The summed E-state index contributed by atoms with van der Waals surface area (Å²) < 4.78 is 31.9. The van der Waals surface area contributed by atoms with Gasteiger partial charge in [-0.3, -0.25) is 10.1 Å². The van der Waals surface area contributed by atoms with Gasteiger partial charge in [0.2, 0.25) is 0 Å². The summed E-state index contributed by atoms with van der Waals surface area (Å²) in [6.07, 6.45) is 2.24. The summed E-state index contributed by atoms with van der Waals surface area (Å²) in [5.74, 6) is -1.99. The summed E-state index contributed by atoms with van der Waals surface area (Å²) in [7, 11) is 0. The molecule has 1 aliphatic heterocycles. The molecule has 3 aromatic rings. The summed E-state index contributed by atoms with van der Waals surface area (Å²) in [5.41, 5.74) is 0.128. The standard InChI is InChI=1S/C21H16F2N2O3S/c1-21(10-13-9-15(23)6-7-17(13)18(26)28-21)19(27)25-20-24-11-16(29-20)8-12-2-4-14(22)5-3-12/h2-7,9,11H,8,10H2,1H3,(H,24,25,27). The summed E-state index contributed by atoms with van der Waals surface area (Å²) in [4.78, 5) is 30.1. The highest BCUT2D eigenvalue weighted by Crippen LogP contribution is 2.30. The molecule has 8 heteroatoms. The van der Waals surface area contributed by atoms with E-state index in [0.29, 0.717) is 17.1 Å². The van der Waals surface area contributed by atoms with Crippen LogP contribution in [0.1, 0.15) is 33.3 Å². The first-order valence-electron chi connectivity index (χ1n) is 8.85. The molecule has 1 atom stereocenters. The van der Waals surface area contributed by atoms with E-state index in [4.69, 9.17) is 4.74 Å². The van der Waals surface area contributed by atoms with Gasteiger partial charge in [0.05, 0.1) is 5.56 Å². The fourth-order valence-electron chi connectivity index (χ4n) is 3.17. The molecule has 1 unspecified atom stereocenters. The molecule has 148 valence electrons. The van der Waals surface area contributed by atoms with Crippen LogP contribution < -0.4 is 5.32 Å². The summed E-state index contributed by atoms with van der Waals surface area (Å²) in [6.45, 7) is 1.49. The largest absolute Gasteiger partial charge is 0.445 e. The van der Waals surface area contributed by atoms with E-state index in [0.717, 1.165) is 10.4 Å². The van der Waals surface area contributed by atoms with Gasteiger partial charge in [0.15, 0.2) is 10.7 Å². The third-order valence-corrected chi connectivity index (χ3v) is 5.59. The van der Waals surface area contributed by atoms with E-state index in [2.05, 4.69) is 10.3 Å². The number of cyclic esters (lactones) is 1. The molecule has 0 spiro atoms. The molecule has 0 aliphatic carbocycles. The monoisotopic (exact) mass is 414 g/mol. The Morgan fingerprint density at radius 2 is 1.93 bits per heavy atom. The summed E-state index contributed by atoms with van der Waals surface area (Å²) in [6, 6.07) is 9.92. The minimum absolute atomic E-state index is 0.0610. The zero-order chi connectivity index (χ0) is 20.6. The predicted octanol–water partition coefficient (Wildman–Crippen LogP) is 4.12. The van der Waals surface area contributed by atoms with Gasteiger partial charge in [0, 0.05) is 23.9 Å². The Labute approximate surface area is 169 Å². The molecule has 1 aromatic heterocycles. The fourth-order valence-corrected chi connectivity index (χ4v) is 4.01. The van der Waals surface area contributed by atoms with Gasteiger partial charge in [0.25, 0.3) is 5.91 Å². The highest BCUT2D eigenvalue weighted by atomic mass is 32.1. The first-order valence-corrected chi connectivity index (χ1v) is 9.66. The van der Waals surface area contributed by atoms with Crippen LogP contribution in [0.25, 0.3) is 0 Å². The summed E-state index contributed by atoms with van der Waals surface area (Å²) in [5, 5.41) is 3.03. The molecule has 1 amide bonds. The number of benzene rings is 2. The van der Waals surface area contributed by atoms with Crippen LogP contribution in [0.3, 0.4) is 0 Å². The molecule has 0 bridgehead atoms. The van der Waals surface area contributed by atoms with Crippen LogP contribution in [-0.4, -0.2) is 22.5 Å². The lowest BCUT2D eigenvalue weighted by molar-refractivity contribution is -0.134. The number of ether oxygens (including phenoxy) is 1. The molecule has 29 heavy (non-hydrogen) atoms. The zero-order valence-electron chi connectivity index (χ0n) is 15.4. The fraction of sp³-hybridized carbons (Fsp3) is 0.190. The van der Waals surface area contributed by atoms with Crippen LogP contribution in [0.15, 0.2) is 48.7 Å². The number of rotatable bonds is 4. The van der Waals surface area contributed by atoms with E-state index in [1.807, 2.05) is 0 Å². The van der Waals surface area contributed by atoms with Crippen molar-refractivity contribution < 1.29 is 23.1 Å². The maximum absolute atomic E-state index is 13.5. The van der Waals surface area contributed by atoms with Gasteiger partial charge < -0.3 is 4.74 Å². The molecule has 0 saturated heterocycles. The number of nitrogens with one attached hydrogen (secondary N) is 1. The third kappa shape index (κ3) is 4.02. The first-order chi connectivity index (χ1) is 13.8. The first kappa shape index (κ1) is 19.2. The molecule has 0 saturated carbocycles. The number of aromatic nitrogens is 1. The van der Waals surface area contributed by atoms with Gasteiger partial charge in [-0.25, -0.2) is 18.6 Å². The Morgan fingerprint density at radius 1 is 1.21 bits per heavy atom. The van der Waals surface area contributed by atoms with Crippen LogP contribution in [-0.2, 0) is 22.4 Å². The normalized spacial score (nSPS) is 18.1. The third-order valence-electron chi connectivity index (χ3n) is 4.68. The number of nitrogens with zero attached hydrogens (tertiary/aromatic N) is 1. The van der Waals surface area contributed by atoms with Crippen molar-refractivity contribution in [2.75, 3.05) is 5.32 Å². The second-order valence-corrected chi connectivity index (χ2v) is 8.10. The number of anilines is 1. The van der Waals surface area contributed by atoms with Crippen LogP contribution in [0.4, 0.5) is 13.9 Å². The molecule has 4 rings (SSSR count). The molecule has 1 N–H and O–H groups in total. The van der Waals surface area contributed by atoms with E-state index in [1.165, 1.54) is 48.6 Å². The molecule has 2 heterocycles. The highest BCUT2D eigenvalue weighted by molar-refractivity contribution is 7.15. The van der Waals surface area contributed by atoms with Gasteiger partial charge in [-0.2, -0.15) is 0 Å². The van der Waals surface area contributed by atoms with Crippen molar-refractivity contribution in [3.05, 3.63) is 81.9 Å². The molecule has 1 aliphatic rings. The second-order valence-electron chi connectivity index (χ2n) is 6.99. The molecule has 0 radical (unpaired) electrons. The topological polar surface area (TPSA) is 68.3 Å². The second kappa shape index (κ2) is 7.36. The van der Waals surface area contributed by atoms with Crippen molar-refractivity contribution in [2.45, 2.75) is 25.4 Å². The molecular weight excluding hydrogens is 398 g/mol. The maximum Gasteiger partial charge on any atom is 0.339 e. The van der Waals surface area contributed by atoms with Crippen molar-refractivity contribution in [3.8, 4) is 0 Å². The van der Waals surface area contributed by atoms with Gasteiger partial charge >= 0.3 is 5.97 Å². The minimum Gasteiger partial charge on any atom is -0.445 e. The minimum atomic E-state index is -1.47. The van der Waals surface area contributed by atoms with Crippen LogP contribution in [0.2, 0.25) is 0 Å². The van der Waals surface area contributed by atoms with Gasteiger partial charge in [-0.15, -0.1) is 11.3 Å². The van der Waals surface area contributed by atoms with Gasteiger partial charge in [0.1, 0.15) is 11.6 Å². The number of hydrogen-bond donors (Lipinski definition) is 1. The Bertz CT molecular complexity index is 1100. The smallest absolute Gasteiger partial charge is 0.339 e. The van der Waals surface area contributed by atoms with Crippen molar-refractivity contribution in [2.24, 2.45) is 0 Å².